The van der Waals surface area contributed by atoms with Gasteiger partial charge in [-0.2, -0.15) is 11.8 Å². The Balaban J connectivity index is 2.46. The van der Waals surface area contributed by atoms with E-state index in [1.807, 2.05) is 0 Å². The van der Waals surface area contributed by atoms with E-state index in [1.54, 1.807) is 11.8 Å². The normalized spacial score (nSPS) is 28.9. The summed E-state index contributed by atoms with van der Waals surface area (Å²) in [6.45, 7) is 4.31. The summed E-state index contributed by atoms with van der Waals surface area (Å²) in [5.74, 6) is 0.894. The minimum absolute atomic E-state index is 0.162. The van der Waals surface area contributed by atoms with Crippen LogP contribution in [0.2, 0.25) is 0 Å². The molecule has 0 spiro atoms. The van der Waals surface area contributed by atoms with E-state index >= 15 is 0 Å². The van der Waals surface area contributed by atoms with E-state index in [0.29, 0.717) is 11.7 Å². The van der Waals surface area contributed by atoms with Crippen molar-refractivity contribution in [3.63, 3.8) is 0 Å². The molecular weight excluding hydrogens is 268 g/mol. The van der Waals surface area contributed by atoms with Gasteiger partial charge in [-0.3, -0.25) is 0 Å². The molecule has 5 heteroatoms. The lowest BCUT2D eigenvalue weighted by molar-refractivity contribution is 0.106. The summed E-state index contributed by atoms with van der Waals surface area (Å²) < 4.78 is 23.2. The van der Waals surface area contributed by atoms with Gasteiger partial charge in [0.15, 0.2) is 0 Å². The number of aliphatic hydroxyl groups is 1. The topological polar surface area (TPSA) is 54.4 Å². The summed E-state index contributed by atoms with van der Waals surface area (Å²) in [6, 6.07) is 0. The molecule has 0 aromatic carbocycles. The van der Waals surface area contributed by atoms with Crippen molar-refractivity contribution in [2.24, 2.45) is 5.92 Å². The average molecular weight is 294 g/mol. The van der Waals surface area contributed by atoms with E-state index in [0.717, 1.165) is 31.4 Å². The average Bonchev–Trinajstić information content (AvgIpc) is 2.34. The predicted molar refractivity (Wildman–Crippen MR) is 78.8 cm³/mol. The van der Waals surface area contributed by atoms with Gasteiger partial charge < -0.3 is 5.11 Å². The molecule has 1 aliphatic carbocycles. The Hall–Kier alpha value is 0.260. The SMILES string of the molecule is CCC(C)SCC(O)C1CCCC(S(C)(=O)=O)C1. The first kappa shape index (κ1) is 16.3. The van der Waals surface area contributed by atoms with Crippen LogP contribution in [0.3, 0.4) is 0 Å². The first-order chi connectivity index (χ1) is 8.34. The predicted octanol–water partition coefficient (Wildman–Crippen LogP) is 2.48. The molecule has 0 aromatic rings. The van der Waals surface area contributed by atoms with Gasteiger partial charge in [-0.15, -0.1) is 0 Å². The Kier molecular flexibility index (Phi) is 6.48. The fraction of sp³-hybridized carbons (Fsp3) is 1.00. The molecule has 18 heavy (non-hydrogen) atoms. The highest BCUT2D eigenvalue weighted by Crippen LogP contribution is 2.32. The molecule has 1 fully saturated rings. The Labute approximate surface area is 116 Å². The van der Waals surface area contributed by atoms with Crippen LogP contribution in [0.15, 0.2) is 0 Å². The third-order valence-electron chi connectivity index (χ3n) is 3.94. The van der Waals surface area contributed by atoms with Crippen LogP contribution < -0.4 is 0 Å². The molecule has 4 atom stereocenters. The van der Waals surface area contributed by atoms with E-state index in [2.05, 4.69) is 13.8 Å². The summed E-state index contributed by atoms with van der Waals surface area (Å²) in [6.07, 6.45) is 5.37. The van der Waals surface area contributed by atoms with E-state index in [4.69, 9.17) is 0 Å². The van der Waals surface area contributed by atoms with Crippen molar-refractivity contribution < 1.29 is 13.5 Å². The van der Waals surface area contributed by atoms with Gasteiger partial charge >= 0.3 is 0 Å². The van der Waals surface area contributed by atoms with Gasteiger partial charge in [0, 0.05) is 17.3 Å². The van der Waals surface area contributed by atoms with Crippen LogP contribution in [0.4, 0.5) is 0 Å². The van der Waals surface area contributed by atoms with Crippen molar-refractivity contribution in [1.29, 1.82) is 0 Å². The Morgan fingerprint density at radius 1 is 1.39 bits per heavy atom. The molecule has 1 rings (SSSR count). The van der Waals surface area contributed by atoms with Crippen molar-refractivity contribution >= 4 is 21.6 Å². The van der Waals surface area contributed by atoms with E-state index in [9.17, 15) is 13.5 Å². The molecule has 1 aliphatic rings. The Morgan fingerprint density at radius 2 is 2.06 bits per heavy atom. The van der Waals surface area contributed by atoms with Crippen LogP contribution >= 0.6 is 11.8 Å². The van der Waals surface area contributed by atoms with Gasteiger partial charge in [0.2, 0.25) is 0 Å². The van der Waals surface area contributed by atoms with Crippen molar-refractivity contribution in [3.8, 4) is 0 Å². The maximum absolute atomic E-state index is 11.6. The monoisotopic (exact) mass is 294 g/mol. The van der Waals surface area contributed by atoms with E-state index < -0.39 is 9.84 Å². The van der Waals surface area contributed by atoms with Crippen LogP contribution in [0.5, 0.6) is 0 Å². The maximum atomic E-state index is 11.6. The smallest absolute Gasteiger partial charge is 0.150 e. The molecule has 0 amide bonds. The van der Waals surface area contributed by atoms with Crippen LogP contribution in [-0.2, 0) is 9.84 Å². The van der Waals surface area contributed by atoms with Gasteiger partial charge in [0.1, 0.15) is 9.84 Å². The number of rotatable bonds is 6. The van der Waals surface area contributed by atoms with Crippen molar-refractivity contribution in [2.45, 2.75) is 62.6 Å². The standard InChI is InChI=1S/C13H26O3S2/c1-4-10(2)17-9-13(14)11-6-5-7-12(8-11)18(3,15)16/h10-14H,4-9H2,1-3H3. The minimum atomic E-state index is -2.95. The minimum Gasteiger partial charge on any atom is -0.392 e. The molecule has 0 radical (unpaired) electrons. The lowest BCUT2D eigenvalue weighted by atomic mass is 9.85. The van der Waals surface area contributed by atoms with Gasteiger partial charge in [-0.05, 0) is 31.6 Å². The summed E-state index contributed by atoms with van der Waals surface area (Å²) in [4.78, 5) is 0. The summed E-state index contributed by atoms with van der Waals surface area (Å²) in [5, 5.41) is 10.5. The van der Waals surface area contributed by atoms with Crippen molar-refractivity contribution in [3.05, 3.63) is 0 Å². The van der Waals surface area contributed by atoms with Gasteiger partial charge in [-0.25, -0.2) is 8.42 Å². The first-order valence-electron chi connectivity index (χ1n) is 6.83. The molecular formula is C13H26O3S2. The summed E-state index contributed by atoms with van der Waals surface area (Å²) in [5.41, 5.74) is 0. The molecule has 0 aromatic heterocycles. The Morgan fingerprint density at radius 3 is 2.61 bits per heavy atom. The number of thioether (sulfide) groups is 1. The lowest BCUT2D eigenvalue weighted by Gasteiger charge is -2.31. The molecule has 4 unspecified atom stereocenters. The lowest BCUT2D eigenvalue weighted by Crippen LogP contribution is -2.34. The second-order valence-corrected chi connectivity index (χ2v) is 9.29. The fourth-order valence-corrected chi connectivity index (χ4v) is 4.66. The zero-order valence-corrected chi connectivity index (χ0v) is 13.3. The van der Waals surface area contributed by atoms with E-state index in [1.165, 1.54) is 6.26 Å². The van der Waals surface area contributed by atoms with Crippen LogP contribution in [0, 0.1) is 5.92 Å². The summed E-state index contributed by atoms with van der Waals surface area (Å²) in [7, 11) is -2.95. The number of aliphatic hydroxyl groups excluding tert-OH is 1. The quantitative estimate of drug-likeness (QED) is 0.817. The molecule has 0 bridgehead atoms. The highest BCUT2D eigenvalue weighted by molar-refractivity contribution is 7.99. The van der Waals surface area contributed by atoms with Gasteiger partial charge in [-0.1, -0.05) is 20.3 Å². The zero-order valence-electron chi connectivity index (χ0n) is 11.6. The molecule has 0 aliphatic heterocycles. The zero-order chi connectivity index (χ0) is 13.8. The molecule has 1 N–H and O–H groups in total. The van der Waals surface area contributed by atoms with Crippen LogP contribution in [0.25, 0.3) is 0 Å². The van der Waals surface area contributed by atoms with Crippen molar-refractivity contribution in [2.75, 3.05) is 12.0 Å². The van der Waals surface area contributed by atoms with Crippen LogP contribution in [-0.4, -0.2) is 42.1 Å². The first-order valence-corrected chi connectivity index (χ1v) is 9.83. The second kappa shape index (κ2) is 7.15. The molecule has 1 saturated carbocycles. The largest absolute Gasteiger partial charge is 0.392 e. The van der Waals surface area contributed by atoms with Crippen LogP contribution in [0.1, 0.15) is 46.0 Å². The highest BCUT2D eigenvalue weighted by Gasteiger charge is 2.32. The molecule has 0 heterocycles. The van der Waals surface area contributed by atoms with Gasteiger partial charge in [0.25, 0.3) is 0 Å². The second-order valence-electron chi connectivity index (χ2n) is 5.50. The number of hydrogen-bond donors (Lipinski definition) is 1. The molecule has 108 valence electrons. The number of hydrogen-bond acceptors (Lipinski definition) is 4. The third kappa shape index (κ3) is 5.10. The van der Waals surface area contributed by atoms with Crippen molar-refractivity contribution in [1.82, 2.24) is 0 Å². The summed E-state index contributed by atoms with van der Waals surface area (Å²) >= 11 is 1.79. The third-order valence-corrected chi connectivity index (χ3v) is 7.02. The van der Waals surface area contributed by atoms with Gasteiger partial charge in [0.05, 0.1) is 11.4 Å². The Bertz CT molecular complexity index is 340. The molecule has 3 nitrogen and oxygen atoms in total. The number of sulfone groups is 1. The fourth-order valence-electron chi connectivity index (χ4n) is 2.44. The maximum Gasteiger partial charge on any atom is 0.150 e. The van der Waals surface area contributed by atoms with E-state index in [-0.39, 0.29) is 17.3 Å². The highest BCUT2D eigenvalue weighted by atomic mass is 32.2. The molecule has 0 saturated heterocycles.